The Morgan fingerprint density at radius 1 is 1.14 bits per heavy atom. The Morgan fingerprint density at radius 3 is 2.43 bits per heavy atom. The fraction of sp³-hybridized carbons (Fsp3) is 0.350. The first-order valence-corrected chi connectivity index (χ1v) is 8.71. The Balaban J connectivity index is 0.00000392. The minimum atomic E-state index is -2.94. The van der Waals surface area contributed by atoms with E-state index in [4.69, 9.17) is 10.5 Å². The maximum atomic E-state index is 12.5. The van der Waals surface area contributed by atoms with Crippen LogP contribution in [0.4, 0.5) is 8.78 Å². The number of rotatable bonds is 9. The molecule has 2 rings (SSSR count). The third kappa shape index (κ3) is 6.65. The van der Waals surface area contributed by atoms with Crippen molar-refractivity contribution >= 4 is 18.3 Å². The fourth-order valence-electron chi connectivity index (χ4n) is 2.60. The molecule has 0 aromatic heterocycles. The number of ether oxygens (including phenoxy) is 2. The van der Waals surface area contributed by atoms with Gasteiger partial charge in [-0.15, -0.1) is 12.4 Å². The second-order valence-corrected chi connectivity index (χ2v) is 6.04. The van der Waals surface area contributed by atoms with E-state index in [-0.39, 0.29) is 36.4 Å². The first-order valence-electron chi connectivity index (χ1n) is 8.71. The van der Waals surface area contributed by atoms with Crippen LogP contribution in [-0.4, -0.2) is 19.1 Å². The quantitative estimate of drug-likeness (QED) is 0.649. The van der Waals surface area contributed by atoms with Crippen LogP contribution >= 0.6 is 12.4 Å². The van der Waals surface area contributed by atoms with Gasteiger partial charge in [-0.1, -0.05) is 43.3 Å². The van der Waals surface area contributed by atoms with Gasteiger partial charge in [0.15, 0.2) is 11.5 Å². The van der Waals surface area contributed by atoms with Crippen molar-refractivity contribution in [2.75, 3.05) is 6.61 Å². The molecule has 8 heteroatoms. The normalized spacial score (nSPS) is 12.6. The highest BCUT2D eigenvalue weighted by molar-refractivity contribution is 5.85. The summed E-state index contributed by atoms with van der Waals surface area (Å²) in [7, 11) is 0. The lowest BCUT2D eigenvalue weighted by Gasteiger charge is -2.20. The standard InChI is InChI=1S/C20H24F2N2O3.ClH/c1-3-26-17-11-14(9-10-16(17)27-20(21)22)12-24-19(25)13(2)18(23)15-7-5-4-6-8-15;/h4-11,13,18,20H,3,12,23H2,1-2H3,(H,24,25);1H. The van der Waals surface area contributed by atoms with Gasteiger partial charge < -0.3 is 20.5 Å². The second-order valence-electron chi connectivity index (χ2n) is 6.04. The van der Waals surface area contributed by atoms with E-state index in [1.54, 1.807) is 26.0 Å². The molecular formula is C20H25ClF2N2O3. The molecule has 154 valence electrons. The van der Waals surface area contributed by atoms with E-state index >= 15 is 0 Å². The minimum absolute atomic E-state index is 0. The average molecular weight is 415 g/mol. The maximum absolute atomic E-state index is 12.5. The second kappa shape index (κ2) is 11.5. The maximum Gasteiger partial charge on any atom is 0.387 e. The Bertz CT molecular complexity index is 747. The van der Waals surface area contributed by atoms with Crippen molar-refractivity contribution < 1.29 is 23.0 Å². The van der Waals surface area contributed by atoms with E-state index in [0.29, 0.717) is 12.2 Å². The Kier molecular flexibility index (Phi) is 9.68. The number of alkyl halides is 2. The third-order valence-corrected chi connectivity index (χ3v) is 4.13. The predicted molar refractivity (Wildman–Crippen MR) is 106 cm³/mol. The summed E-state index contributed by atoms with van der Waals surface area (Å²) >= 11 is 0. The van der Waals surface area contributed by atoms with E-state index in [1.165, 1.54) is 6.07 Å². The number of nitrogens with one attached hydrogen (secondary N) is 1. The zero-order valence-electron chi connectivity index (χ0n) is 15.7. The number of hydrogen-bond acceptors (Lipinski definition) is 4. The van der Waals surface area contributed by atoms with Crippen LogP contribution in [-0.2, 0) is 11.3 Å². The Hall–Kier alpha value is -2.38. The van der Waals surface area contributed by atoms with Gasteiger partial charge in [0.05, 0.1) is 12.5 Å². The van der Waals surface area contributed by atoms with Gasteiger partial charge in [-0.25, -0.2) is 0 Å². The molecule has 2 aromatic carbocycles. The van der Waals surface area contributed by atoms with Crippen LogP contribution < -0.4 is 20.5 Å². The molecule has 0 saturated heterocycles. The van der Waals surface area contributed by atoms with Gasteiger partial charge >= 0.3 is 6.61 Å². The molecule has 28 heavy (non-hydrogen) atoms. The summed E-state index contributed by atoms with van der Waals surface area (Å²) in [6.07, 6.45) is 0. The number of carbonyl (C=O) groups is 1. The molecule has 2 aromatic rings. The number of halogens is 3. The highest BCUT2D eigenvalue weighted by Gasteiger charge is 2.22. The van der Waals surface area contributed by atoms with Crippen LogP contribution in [0.2, 0.25) is 0 Å². The van der Waals surface area contributed by atoms with Crippen LogP contribution in [0.25, 0.3) is 0 Å². The van der Waals surface area contributed by atoms with Crippen LogP contribution in [0.15, 0.2) is 48.5 Å². The molecule has 3 N–H and O–H groups in total. The molecule has 0 fully saturated rings. The van der Waals surface area contributed by atoms with Gasteiger partial charge in [-0.2, -0.15) is 8.78 Å². The Morgan fingerprint density at radius 2 is 1.82 bits per heavy atom. The van der Waals surface area contributed by atoms with Crippen molar-refractivity contribution in [3.05, 3.63) is 59.7 Å². The molecule has 0 aliphatic heterocycles. The van der Waals surface area contributed by atoms with Crippen LogP contribution in [0.3, 0.4) is 0 Å². The molecule has 0 heterocycles. The van der Waals surface area contributed by atoms with Crippen LogP contribution in [0.1, 0.15) is 31.0 Å². The molecule has 0 aliphatic carbocycles. The van der Waals surface area contributed by atoms with Gasteiger partial charge in [0.1, 0.15) is 0 Å². The lowest BCUT2D eigenvalue weighted by molar-refractivity contribution is -0.125. The zero-order valence-corrected chi connectivity index (χ0v) is 16.5. The molecule has 0 aliphatic rings. The van der Waals surface area contributed by atoms with Gasteiger partial charge in [0.2, 0.25) is 5.91 Å². The van der Waals surface area contributed by atoms with Crippen LogP contribution in [0.5, 0.6) is 11.5 Å². The smallest absolute Gasteiger partial charge is 0.387 e. The first-order chi connectivity index (χ1) is 12.9. The predicted octanol–water partition coefficient (Wildman–Crippen LogP) is 4.06. The average Bonchev–Trinajstić information content (AvgIpc) is 2.67. The fourth-order valence-corrected chi connectivity index (χ4v) is 2.60. The number of amides is 1. The lowest BCUT2D eigenvalue weighted by atomic mass is 9.94. The molecule has 1 amide bonds. The molecule has 2 atom stereocenters. The number of carbonyl (C=O) groups excluding carboxylic acids is 1. The van der Waals surface area contributed by atoms with E-state index in [1.807, 2.05) is 30.3 Å². The van der Waals surface area contributed by atoms with Gasteiger partial charge in [0.25, 0.3) is 0 Å². The van der Waals surface area contributed by atoms with Crippen LogP contribution in [0, 0.1) is 5.92 Å². The van der Waals surface area contributed by atoms with E-state index in [0.717, 1.165) is 5.56 Å². The number of hydrogen-bond donors (Lipinski definition) is 2. The molecular weight excluding hydrogens is 390 g/mol. The number of benzene rings is 2. The SMILES string of the molecule is CCOc1cc(CNC(=O)C(C)C(N)c2ccccc2)ccc1OC(F)F.Cl. The van der Waals surface area contributed by atoms with Gasteiger partial charge in [-0.05, 0) is 30.2 Å². The van der Waals surface area contributed by atoms with Crippen molar-refractivity contribution in [1.29, 1.82) is 0 Å². The summed E-state index contributed by atoms with van der Waals surface area (Å²) in [5, 5.41) is 2.82. The molecule has 2 unspecified atom stereocenters. The Labute approximate surface area is 169 Å². The van der Waals surface area contributed by atoms with Crippen molar-refractivity contribution in [2.45, 2.75) is 33.0 Å². The summed E-state index contributed by atoms with van der Waals surface area (Å²) in [5.74, 6) is -0.461. The highest BCUT2D eigenvalue weighted by atomic mass is 35.5. The lowest BCUT2D eigenvalue weighted by Crippen LogP contribution is -2.35. The minimum Gasteiger partial charge on any atom is -0.490 e. The van der Waals surface area contributed by atoms with Gasteiger partial charge in [0, 0.05) is 12.6 Å². The van der Waals surface area contributed by atoms with Gasteiger partial charge in [-0.3, -0.25) is 4.79 Å². The topological polar surface area (TPSA) is 73.6 Å². The highest BCUT2D eigenvalue weighted by Crippen LogP contribution is 2.30. The molecule has 5 nitrogen and oxygen atoms in total. The van der Waals surface area contributed by atoms with Crippen molar-refractivity contribution in [2.24, 2.45) is 11.7 Å². The monoisotopic (exact) mass is 414 g/mol. The largest absolute Gasteiger partial charge is 0.490 e. The molecule has 0 bridgehead atoms. The summed E-state index contributed by atoms with van der Waals surface area (Å²) in [6, 6.07) is 13.5. The summed E-state index contributed by atoms with van der Waals surface area (Å²) in [6.45, 7) is 1.10. The van der Waals surface area contributed by atoms with E-state index < -0.39 is 18.6 Å². The summed E-state index contributed by atoms with van der Waals surface area (Å²) in [5.41, 5.74) is 7.75. The molecule has 0 saturated carbocycles. The van der Waals surface area contributed by atoms with Crippen molar-refractivity contribution in [1.82, 2.24) is 5.32 Å². The zero-order chi connectivity index (χ0) is 19.8. The molecule has 0 radical (unpaired) electrons. The summed E-state index contributed by atoms with van der Waals surface area (Å²) in [4.78, 5) is 12.4. The van der Waals surface area contributed by atoms with Crippen molar-refractivity contribution in [3.8, 4) is 11.5 Å². The third-order valence-electron chi connectivity index (χ3n) is 4.13. The molecule has 0 spiro atoms. The summed E-state index contributed by atoms with van der Waals surface area (Å²) < 4.78 is 34.7. The first kappa shape index (κ1) is 23.7. The van der Waals surface area contributed by atoms with Crippen molar-refractivity contribution in [3.63, 3.8) is 0 Å². The number of nitrogens with two attached hydrogens (primary N) is 1. The van der Waals surface area contributed by atoms with E-state index in [9.17, 15) is 13.6 Å². The van der Waals surface area contributed by atoms with E-state index in [2.05, 4.69) is 10.1 Å².